The van der Waals surface area contributed by atoms with Crippen LogP contribution in [0.25, 0.3) is 0 Å². The summed E-state index contributed by atoms with van der Waals surface area (Å²) in [6.45, 7) is 1.20. The molecule has 0 saturated heterocycles. The Labute approximate surface area is 104 Å². The maximum atomic E-state index is 4.31. The summed E-state index contributed by atoms with van der Waals surface area (Å²) in [5.74, 6) is 0. The lowest BCUT2D eigenvalue weighted by Gasteiger charge is -2.53. The minimum atomic E-state index is 0.462. The van der Waals surface area contributed by atoms with E-state index in [9.17, 15) is 0 Å². The molecule has 17 heavy (non-hydrogen) atoms. The van der Waals surface area contributed by atoms with Gasteiger partial charge in [0.1, 0.15) is 0 Å². The molecule has 1 heterocycles. The first-order chi connectivity index (χ1) is 8.29. The van der Waals surface area contributed by atoms with Crippen molar-refractivity contribution < 1.29 is 0 Å². The van der Waals surface area contributed by atoms with E-state index < -0.39 is 0 Å². The van der Waals surface area contributed by atoms with Crippen molar-refractivity contribution in [2.45, 2.75) is 43.9 Å². The van der Waals surface area contributed by atoms with Crippen LogP contribution in [0.2, 0.25) is 0 Å². The largest absolute Gasteiger partial charge is 0.319 e. The number of nitrogens with one attached hydrogen (secondary N) is 1. The Balaban J connectivity index is 1.82. The van der Waals surface area contributed by atoms with Crippen molar-refractivity contribution in [3.05, 3.63) is 30.1 Å². The SMILES string of the molecule is CNCC12CCC(c3cccnc3)(CC1)CC2. The fourth-order valence-corrected chi connectivity index (χ4v) is 4.01. The molecule has 4 rings (SSSR count). The van der Waals surface area contributed by atoms with Gasteiger partial charge in [-0.3, -0.25) is 4.98 Å². The molecule has 0 unspecified atom stereocenters. The van der Waals surface area contributed by atoms with Crippen molar-refractivity contribution in [3.63, 3.8) is 0 Å². The van der Waals surface area contributed by atoms with Crippen molar-refractivity contribution in [1.29, 1.82) is 0 Å². The molecule has 0 atom stereocenters. The Morgan fingerprint density at radius 2 is 1.88 bits per heavy atom. The van der Waals surface area contributed by atoms with E-state index in [4.69, 9.17) is 0 Å². The quantitative estimate of drug-likeness (QED) is 0.863. The number of nitrogens with zero attached hydrogens (tertiary/aromatic N) is 1. The smallest absolute Gasteiger partial charge is 0.0305 e. The van der Waals surface area contributed by atoms with Crippen LogP contribution in [0.5, 0.6) is 0 Å². The van der Waals surface area contributed by atoms with Gasteiger partial charge in [-0.25, -0.2) is 0 Å². The predicted molar refractivity (Wildman–Crippen MR) is 70.0 cm³/mol. The number of pyridine rings is 1. The minimum absolute atomic E-state index is 0.462. The van der Waals surface area contributed by atoms with Crippen molar-refractivity contribution in [2.75, 3.05) is 13.6 Å². The summed E-state index contributed by atoms with van der Waals surface area (Å²) in [4.78, 5) is 4.31. The van der Waals surface area contributed by atoms with E-state index in [1.165, 1.54) is 50.6 Å². The van der Waals surface area contributed by atoms with Crippen LogP contribution in [0.1, 0.15) is 44.1 Å². The van der Waals surface area contributed by atoms with Crippen molar-refractivity contribution >= 4 is 0 Å². The van der Waals surface area contributed by atoms with Crippen molar-refractivity contribution in [2.24, 2.45) is 5.41 Å². The lowest BCUT2D eigenvalue weighted by molar-refractivity contribution is 0.0413. The molecular formula is C15H22N2. The lowest BCUT2D eigenvalue weighted by Crippen LogP contribution is -2.47. The van der Waals surface area contributed by atoms with Crippen LogP contribution in [0.15, 0.2) is 24.5 Å². The van der Waals surface area contributed by atoms with Gasteiger partial charge in [0.05, 0.1) is 0 Å². The normalized spacial score (nSPS) is 36.1. The van der Waals surface area contributed by atoms with Gasteiger partial charge in [0, 0.05) is 18.9 Å². The van der Waals surface area contributed by atoms with Crippen LogP contribution in [0, 0.1) is 5.41 Å². The summed E-state index contributed by atoms with van der Waals surface area (Å²) >= 11 is 0. The zero-order valence-electron chi connectivity index (χ0n) is 10.7. The highest BCUT2D eigenvalue weighted by Crippen LogP contribution is 2.57. The fourth-order valence-electron chi connectivity index (χ4n) is 4.01. The van der Waals surface area contributed by atoms with Crippen LogP contribution >= 0.6 is 0 Å². The third-order valence-electron chi connectivity index (χ3n) is 5.23. The van der Waals surface area contributed by atoms with E-state index in [1.807, 2.05) is 6.20 Å². The van der Waals surface area contributed by atoms with Crippen LogP contribution in [-0.4, -0.2) is 18.6 Å². The van der Waals surface area contributed by atoms with Crippen LogP contribution in [0.4, 0.5) is 0 Å². The highest BCUT2D eigenvalue weighted by atomic mass is 14.8. The molecule has 0 amide bonds. The fraction of sp³-hybridized carbons (Fsp3) is 0.667. The molecule has 0 aromatic carbocycles. The monoisotopic (exact) mass is 230 g/mol. The summed E-state index contributed by atoms with van der Waals surface area (Å²) in [5.41, 5.74) is 2.56. The van der Waals surface area contributed by atoms with Crippen molar-refractivity contribution in [3.8, 4) is 0 Å². The molecule has 2 bridgehead atoms. The molecule has 2 heteroatoms. The molecule has 0 spiro atoms. The highest BCUT2D eigenvalue weighted by molar-refractivity contribution is 5.25. The molecule has 3 fully saturated rings. The zero-order valence-corrected chi connectivity index (χ0v) is 10.7. The summed E-state index contributed by atoms with van der Waals surface area (Å²) < 4.78 is 0. The second kappa shape index (κ2) is 4.09. The Morgan fingerprint density at radius 3 is 2.41 bits per heavy atom. The number of aromatic nitrogens is 1. The Morgan fingerprint density at radius 1 is 1.18 bits per heavy atom. The molecule has 1 aromatic rings. The van der Waals surface area contributed by atoms with Gasteiger partial charge in [-0.2, -0.15) is 0 Å². The standard InChI is InChI=1S/C15H22N2/c1-16-12-14-4-7-15(8-5-14,9-6-14)13-3-2-10-17-11-13/h2-3,10-11,16H,4-9,12H2,1H3. The molecule has 0 aliphatic heterocycles. The van der Waals surface area contributed by atoms with E-state index in [-0.39, 0.29) is 0 Å². The first-order valence-electron chi connectivity index (χ1n) is 6.84. The van der Waals surface area contributed by atoms with Crippen molar-refractivity contribution in [1.82, 2.24) is 10.3 Å². The number of hydrogen-bond acceptors (Lipinski definition) is 2. The van der Waals surface area contributed by atoms with Gasteiger partial charge in [0.15, 0.2) is 0 Å². The number of fused-ring (bicyclic) bond motifs is 3. The molecule has 2 nitrogen and oxygen atoms in total. The van der Waals surface area contributed by atoms with E-state index in [0.29, 0.717) is 10.8 Å². The van der Waals surface area contributed by atoms with Gasteiger partial charge >= 0.3 is 0 Å². The number of rotatable bonds is 3. The maximum Gasteiger partial charge on any atom is 0.0305 e. The summed E-state index contributed by atoms with van der Waals surface area (Å²) in [5, 5.41) is 3.39. The summed E-state index contributed by atoms with van der Waals surface area (Å²) in [6, 6.07) is 4.37. The van der Waals surface area contributed by atoms with Gasteiger partial charge in [0.25, 0.3) is 0 Å². The Kier molecular flexibility index (Phi) is 2.70. The average Bonchev–Trinajstić information content (AvgIpc) is 2.42. The topological polar surface area (TPSA) is 24.9 Å². The lowest BCUT2D eigenvalue weighted by atomic mass is 9.52. The number of hydrogen-bond donors (Lipinski definition) is 1. The maximum absolute atomic E-state index is 4.31. The minimum Gasteiger partial charge on any atom is -0.319 e. The summed E-state index contributed by atoms with van der Waals surface area (Å²) in [7, 11) is 2.09. The third-order valence-corrected chi connectivity index (χ3v) is 5.23. The van der Waals surface area contributed by atoms with Crippen LogP contribution in [0.3, 0.4) is 0 Å². The first-order valence-corrected chi connectivity index (χ1v) is 6.84. The van der Waals surface area contributed by atoms with Crippen LogP contribution < -0.4 is 5.32 Å². The third kappa shape index (κ3) is 1.79. The van der Waals surface area contributed by atoms with Gasteiger partial charge < -0.3 is 5.32 Å². The summed E-state index contributed by atoms with van der Waals surface area (Å²) in [6.07, 6.45) is 12.2. The van der Waals surface area contributed by atoms with Crippen LogP contribution in [-0.2, 0) is 5.41 Å². The molecule has 3 aliphatic carbocycles. The molecule has 1 N–H and O–H groups in total. The zero-order chi connectivity index (χ0) is 11.8. The molecular weight excluding hydrogens is 208 g/mol. The van der Waals surface area contributed by atoms with Gasteiger partial charge in [-0.1, -0.05) is 6.07 Å². The van der Waals surface area contributed by atoms with Gasteiger partial charge in [-0.05, 0) is 68.0 Å². The molecule has 3 aliphatic rings. The van der Waals surface area contributed by atoms with Gasteiger partial charge in [-0.15, -0.1) is 0 Å². The molecule has 92 valence electrons. The predicted octanol–water partition coefficient (Wildman–Crippen LogP) is 2.89. The van der Waals surface area contributed by atoms with E-state index >= 15 is 0 Å². The molecule has 3 saturated carbocycles. The Hall–Kier alpha value is -0.890. The van der Waals surface area contributed by atoms with E-state index in [1.54, 1.807) is 0 Å². The first kappa shape index (κ1) is 11.2. The van der Waals surface area contributed by atoms with E-state index in [2.05, 4.69) is 35.7 Å². The Bertz CT molecular complexity index is 361. The average molecular weight is 230 g/mol. The van der Waals surface area contributed by atoms with Gasteiger partial charge in [0.2, 0.25) is 0 Å². The second-order valence-corrected chi connectivity index (χ2v) is 6.05. The second-order valence-electron chi connectivity index (χ2n) is 6.05. The highest BCUT2D eigenvalue weighted by Gasteiger charge is 2.48. The molecule has 1 aromatic heterocycles. The molecule has 0 radical (unpaired) electrons. The van der Waals surface area contributed by atoms with E-state index in [0.717, 1.165) is 0 Å².